The van der Waals surface area contributed by atoms with Crippen LogP contribution in [-0.4, -0.2) is 36.6 Å². The molecule has 0 fully saturated rings. The van der Waals surface area contributed by atoms with Crippen LogP contribution in [0.1, 0.15) is 39.9 Å². The summed E-state index contributed by atoms with van der Waals surface area (Å²) in [4.78, 5) is 48.8. The number of rotatable bonds is 13. The predicted molar refractivity (Wildman–Crippen MR) is 150 cm³/mol. The average molecular weight is 547 g/mol. The van der Waals surface area contributed by atoms with E-state index in [9.17, 15) is 19.2 Å². The lowest BCUT2D eigenvalue weighted by Gasteiger charge is -2.20. The second kappa shape index (κ2) is 14.7. The van der Waals surface area contributed by atoms with Gasteiger partial charge in [-0.1, -0.05) is 79.4 Å². The molecule has 0 aliphatic carbocycles. The molecule has 39 heavy (non-hydrogen) atoms. The first kappa shape index (κ1) is 29.5. The van der Waals surface area contributed by atoms with Gasteiger partial charge in [-0.2, -0.15) is 0 Å². The zero-order valence-electron chi connectivity index (χ0n) is 22.1. The first-order valence-electron chi connectivity index (χ1n) is 12.4. The molecule has 0 saturated carbocycles. The maximum absolute atomic E-state index is 13.9. The zero-order chi connectivity index (χ0) is 28.2. The Balaban J connectivity index is 1.61. The molecule has 0 bridgehead atoms. The highest BCUT2D eigenvalue weighted by Crippen LogP contribution is 2.39. The van der Waals surface area contributed by atoms with E-state index in [2.05, 4.69) is 6.58 Å². The fourth-order valence-electron chi connectivity index (χ4n) is 3.99. The largest absolute Gasteiger partial charge is 0.462 e. The molecule has 0 N–H and O–H groups in total. The number of hydrogen-bond acceptors (Lipinski definition) is 7. The summed E-state index contributed by atoms with van der Waals surface area (Å²) in [5, 5.41) is 1.97. The van der Waals surface area contributed by atoms with Crippen molar-refractivity contribution in [1.29, 1.82) is 0 Å². The Morgan fingerprint density at radius 1 is 0.744 bits per heavy atom. The molecular weight excluding hydrogens is 515 g/mol. The van der Waals surface area contributed by atoms with Crippen LogP contribution in [-0.2, 0) is 35.2 Å². The molecule has 3 rings (SSSR count). The molecule has 3 aromatic carbocycles. The van der Waals surface area contributed by atoms with Gasteiger partial charge in [0.15, 0.2) is 5.52 Å². The van der Waals surface area contributed by atoms with E-state index in [4.69, 9.17) is 14.2 Å². The summed E-state index contributed by atoms with van der Waals surface area (Å²) in [5.41, 5.74) is 3.12. The molecule has 0 aromatic heterocycles. The highest BCUT2D eigenvalue weighted by Gasteiger charge is 2.26. The number of aryl methyl sites for hydroxylation is 2. The maximum atomic E-state index is 13.9. The highest BCUT2D eigenvalue weighted by atomic mass is 31.1. The Kier molecular flexibility index (Phi) is 11.1. The monoisotopic (exact) mass is 546 g/mol. The van der Waals surface area contributed by atoms with E-state index in [1.807, 2.05) is 86.6 Å². The van der Waals surface area contributed by atoms with Gasteiger partial charge in [0.25, 0.3) is 0 Å². The van der Waals surface area contributed by atoms with Gasteiger partial charge < -0.3 is 14.2 Å². The van der Waals surface area contributed by atoms with Crippen molar-refractivity contribution in [2.45, 2.75) is 33.3 Å². The van der Waals surface area contributed by atoms with Crippen LogP contribution in [0.2, 0.25) is 0 Å². The van der Waals surface area contributed by atoms with Gasteiger partial charge in [0.05, 0.1) is 12.8 Å². The van der Waals surface area contributed by atoms with Crippen molar-refractivity contribution in [3.05, 3.63) is 108 Å². The van der Waals surface area contributed by atoms with Crippen LogP contribution in [0.25, 0.3) is 0 Å². The minimum absolute atomic E-state index is 0.0215. The van der Waals surface area contributed by atoms with Crippen LogP contribution in [0.3, 0.4) is 0 Å². The normalized spacial score (nSPS) is 10.5. The smallest absolute Gasteiger partial charge is 0.330 e. The van der Waals surface area contributed by atoms with E-state index in [1.54, 1.807) is 0 Å². The quantitative estimate of drug-likeness (QED) is 0.101. The lowest BCUT2D eigenvalue weighted by atomic mass is 10.0. The summed E-state index contributed by atoms with van der Waals surface area (Å²) in [5.74, 6) is -1.74. The minimum atomic E-state index is -1.27. The van der Waals surface area contributed by atoms with Crippen molar-refractivity contribution in [2.75, 3.05) is 13.2 Å². The molecule has 0 heterocycles. The van der Waals surface area contributed by atoms with Crippen molar-refractivity contribution in [3.8, 4) is 0 Å². The van der Waals surface area contributed by atoms with Gasteiger partial charge >= 0.3 is 17.9 Å². The molecule has 0 aliphatic heterocycles. The molecule has 3 aromatic rings. The average Bonchev–Trinajstić information content (AvgIpc) is 2.94. The van der Waals surface area contributed by atoms with E-state index >= 15 is 0 Å². The lowest BCUT2D eigenvalue weighted by Crippen LogP contribution is -2.19. The summed E-state index contributed by atoms with van der Waals surface area (Å²) in [6.45, 7) is 6.87. The Hall–Kier alpha value is -4.09. The van der Waals surface area contributed by atoms with E-state index in [0.717, 1.165) is 33.4 Å². The minimum Gasteiger partial charge on any atom is -0.462 e. The zero-order valence-corrected chi connectivity index (χ0v) is 22.9. The maximum Gasteiger partial charge on any atom is 0.330 e. The van der Waals surface area contributed by atoms with Crippen molar-refractivity contribution in [2.24, 2.45) is 0 Å². The first-order chi connectivity index (χ1) is 18.8. The molecule has 7 nitrogen and oxygen atoms in total. The van der Waals surface area contributed by atoms with Gasteiger partial charge in [-0.25, -0.2) is 4.79 Å². The number of ether oxygens (including phenoxy) is 3. The summed E-state index contributed by atoms with van der Waals surface area (Å²) in [7, 11) is -1.27. The van der Waals surface area contributed by atoms with Gasteiger partial charge in [0, 0.05) is 19.6 Å². The van der Waals surface area contributed by atoms with E-state index in [1.165, 1.54) is 0 Å². The lowest BCUT2D eigenvalue weighted by molar-refractivity contribution is -0.153. The molecular formula is C31H31O7P. The van der Waals surface area contributed by atoms with Gasteiger partial charge in [-0.15, -0.1) is 0 Å². The third-order valence-corrected chi connectivity index (χ3v) is 7.99. The summed E-state index contributed by atoms with van der Waals surface area (Å²) < 4.78 is 15.0. The topological polar surface area (TPSA) is 96.0 Å². The van der Waals surface area contributed by atoms with Crippen molar-refractivity contribution in [3.63, 3.8) is 0 Å². The third-order valence-electron chi connectivity index (χ3n) is 5.73. The van der Waals surface area contributed by atoms with Gasteiger partial charge in [0.2, 0.25) is 0 Å². The first-order valence-corrected chi connectivity index (χ1v) is 13.8. The number of hydrogen-bond donors (Lipinski definition) is 0. The molecule has 8 heteroatoms. The fourth-order valence-corrected chi connectivity index (χ4v) is 6.28. The van der Waals surface area contributed by atoms with E-state index in [0.29, 0.717) is 5.56 Å². The number of carbonyl (C=O) groups excluding carboxylic acids is 4. The van der Waals surface area contributed by atoms with Crippen LogP contribution < -0.4 is 10.6 Å². The van der Waals surface area contributed by atoms with Crippen LogP contribution >= 0.6 is 7.92 Å². The van der Waals surface area contributed by atoms with Gasteiger partial charge in [0.1, 0.15) is 19.8 Å². The predicted octanol–water partition coefficient (Wildman–Crippen LogP) is 4.67. The summed E-state index contributed by atoms with van der Waals surface area (Å²) in [6.07, 6.45) is 0.722. The molecule has 0 radical (unpaired) electrons. The van der Waals surface area contributed by atoms with Crippen molar-refractivity contribution >= 4 is 42.0 Å². The molecule has 0 aliphatic rings. The molecule has 0 saturated heterocycles. The third kappa shape index (κ3) is 8.72. The molecule has 0 unspecified atom stereocenters. The fraction of sp³-hybridized carbons (Fsp3) is 0.226. The summed E-state index contributed by atoms with van der Waals surface area (Å²) >= 11 is 0. The number of benzene rings is 3. The van der Waals surface area contributed by atoms with Crippen LogP contribution in [0.15, 0.2) is 85.5 Å². The molecule has 0 spiro atoms. The van der Waals surface area contributed by atoms with Crippen LogP contribution in [0.4, 0.5) is 0 Å². The second-order valence-electron chi connectivity index (χ2n) is 8.67. The Labute approximate surface area is 229 Å². The van der Waals surface area contributed by atoms with Gasteiger partial charge in [-0.3, -0.25) is 14.4 Å². The van der Waals surface area contributed by atoms with Crippen LogP contribution in [0.5, 0.6) is 0 Å². The Bertz CT molecular complexity index is 1260. The van der Waals surface area contributed by atoms with Crippen molar-refractivity contribution in [1.82, 2.24) is 0 Å². The molecule has 0 atom stereocenters. The van der Waals surface area contributed by atoms with Gasteiger partial charge in [-0.05, 0) is 41.1 Å². The Morgan fingerprint density at radius 3 is 1.74 bits per heavy atom. The van der Waals surface area contributed by atoms with E-state index < -0.39 is 25.8 Å². The molecule has 202 valence electrons. The second-order valence-corrected chi connectivity index (χ2v) is 10.8. The van der Waals surface area contributed by atoms with Crippen molar-refractivity contribution < 1.29 is 33.4 Å². The number of carbonyl (C=O) groups is 4. The SMILES string of the molecule is C=CC(=O)OCCOC(=O)CCC(=O)OCc1cc(C)c(C(=O)P(c2ccccc2)c2ccccc2)c(C)c1. The molecule has 0 amide bonds. The Morgan fingerprint density at radius 2 is 1.23 bits per heavy atom. The van der Waals surface area contributed by atoms with E-state index in [-0.39, 0.29) is 38.2 Å². The van der Waals surface area contributed by atoms with Crippen LogP contribution in [0, 0.1) is 13.8 Å². The highest BCUT2D eigenvalue weighted by molar-refractivity contribution is 7.88. The number of esters is 3. The standard InChI is InChI=1S/C31H31O7P/c1-4-27(32)36-17-18-37-28(33)15-16-29(34)38-21-24-19-22(2)30(23(3)20-24)31(35)39(25-11-7-5-8-12-25)26-13-9-6-10-14-26/h4-14,19-20H,1,15-18,21H2,2-3H3. The summed E-state index contributed by atoms with van der Waals surface area (Å²) in [6, 6.07) is 23.3.